The van der Waals surface area contributed by atoms with Crippen molar-refractivity contribution in [3.63, 3.8) is 0 Å². The molecule has 1 aliphatic carbocycles. The van der Waals surface area contributed by atoms with Gasteiger partial charge in [0.25, 0.3) is 0 Å². The molecule has 7 nitrogen and oxygen atoms in total. The lowest BCUT2D eigenvalue weighted by atomic mass is 9.89. The average Bonchev–Trinajstić information content (AvgIpc) is 3.12. The van der Waals surface area contributed by atoms with Gasteiger partial charge in [-0.2, -0.15) is 0 Å². The molecular weight excluding hydrogens is 420 g/mol. The lowest BCUT2D eigenvalue weighted by Crippen LogP contribution is -2.49. The number of thiazole rings is 1. The molecule has 1 fully saturated rings. The smallest absolute Gasteiger partial charge is 0.229 e. The molecule has 1 aromatic heterocycles. The van der Waals surface area contributed by atoms with E-state index in [2.05, 4.69) is 27.8 Å². The summed E-state index contributed by atoms with van der Waals surface area (Å²) in [7, 11) is -3.28. The van der Waals surface area contributed by atoms with Crippen molar-refractivity contribution < 1.29 is 14.6 Å². The minimum atomic E-state index is -3.28. The first-order chi connectivity index (χ1) is 14.2. The quantitative estimate of drug-likeness (QED) is 0.690. The van der Waals surface area contributed by atoms with Crippen LogP contribution in [0.3, 0.4) is 0 Å². The molecule has 0 aromatic carbocycles. The van der Waals surface area contributed by atoms with E-state index in [-0.39, 0.29) is 13.3 Å². The Bertz CT molecular complexity index is 980. The van der Waals surface area contributed by atoms with E-state index in [1.807, 2.05) is 17.9 Å². The van der Waals surface area contributed by atoms with Crippen LogP contribution in [0.25, 0.3) is 12.2 Å². The normalized spacial score (nSPS) is 19.7. The molecule has 0 radical (unpaired) electrons. The van der Waals surface area contributed by atoms with Crippen LogP contribution in [0.2, 0.25) is 0 Å². The zero-order valence-corrected chi connectivity index (χ0v) is 19.1. The number of allylic oxidation sites excluding steroid dienone is 3. The first-order valence-electron chi connectivity index (χ1n) is 9.86. The first-order valence-corrected chi connectivity index (χ1v) is 12.6. The van der Waals surface area contributed by atoms with Crippen LogP contribution in [0.1, 0.15) is 31.8 Å². The van der Waals surface area contributed by atoms with Crippen LogP contribution < -0.4 is 9.62 Å². The minimum Gasteiger partial charge on any atom is -0.345 e. The molecule has 30 heavy (non-hydrogen) atoms. The monoisotopic (exact) mass is 450 g/mol. The average molecular weight is 451 g/mol. The molecule has 2 aliphatic rings. The molecular formula is C21H30N4O3S2. The number of rotatable bonds is 7. The van der Waals surface area contributed by atoms with Crippen molar-refractivity contribution in [2.24, 2.45) is 5.92 Å². The number of nitrogens with one attached hydrogen (secondary N) is 1. The Morgan fingerprint density at radius 3 is 2.53 bits per heavy atom. The molecule has 3 rings (SSSR count). The second kappa shape index (κ2) is 9.18. The summed E-state index contributed by atoms with van der Waals surface area (Å²) in [6.45, 7) is 12.4. The van der Waals surface area contributed by atoms with Gasteiger partial charge in [-0.05, 0) is 30.6 Å². The Labute approximate surface area is 184 Å². The van der Waals surface area contributed by atoms with Gasteiger partial charge < -0.3 is 9.80 Å². The summed E-state index contributed by atoms with van der Waals surface area (Å²) in [6.07, 6.45) is 9.26. The van der Waals surface area contributed by atoms with E-state index in [0.29, 0.717) is 31.6 Å². The highest BCUT2D eigenvalue weighted by atomic mass is 32.2. The van der Waals surface area contributed by atoms with Gasteiger partial charge >= 0.3 is 0 Å². The van der Waals surface area contributed by atoms with Crippen LogP contribution in [-0.2, 0) is 14.8 Å². The second-order valence-electron chi connectivity index (χ2n) is 7.61. The molecule has 2 heterocycles. The fourth-order valence-electron chi connectivity index (χ4n) is 3.64. The Kier molecular flexibility index (Phi) is 6.82. The number of amides is 1. The molecule has 1 amide bonds. The van der Waals surface area contributed by atoms with Crippen LogP contribution in [0.15, 0.2) is 36.6 Å². The second-order valence-corrected chi connectivity index (χ2v) is 10.4. The van der Waals surface area contributed by atoms with E-state index in [0.717, 1.165) is 40.6 Å². The Hall–Kier alpha value is -2.39. The molecule has 0 bridgehead atoms. The molecule has 1 atom stereocenters. The summed E-state index contributed by atoms with van der Waals surface area (Å²) in [5.74, 6) is 0.229. The third kappa shape index (κ3) is 5.40. The molecule has 0 spiro atoms. The largest absolute Gasteiger partial charge is 0.345 e. The van der Waals surface area contributed by atoms with Crippen molar-refractivity contribution in [2.45, 2.75) is 19.8 Å². The van der Waals surface area contributed by atoms with Crippen molar-refractivity contribution in [1.29, 1.82) is 0 Å². The maximum atomic E-state index is 12.8. The highest BCUT2D eigenvalue weighted by molar-refractivity contribution is 7.88. The van der Waals surface area contributed by atoms with Crippen molar-refractivity contribution in [3.05, 3.63) is 47.2 Å². The van der Waals surface area contributed by atoms with Gasteiger partial charge in [0.2, 0.25) is 15.9 Å². The molecule has 9 heteroatoms. The van der Waals surface area contributed by atoms with Crippen molar-refractivity contribution >= 4 is 44.6 Å². The molecule has 1 aliphatic heterocycles. The van der Waals surface area contributed by atoms with Crippen LogP contribution in [-0.4, -0.2) is 56.6 Å². The van der Waals surface area contributed by atoms with Gasteiger partial charge in [0.15, 0.2) is 5.13 Å². The summed E-state index contributed by atoms with van der Waals surface area (Å²) in [5, 5.41) is 0.937. The third-order valence-electron chi connectivity index (χ3n) is 5.28. The fourth-order valence-corrected chi connectivity index (χ4v) is 5.24. The zero-order chi connectivity index (χ0) is 21.9. The summed E-state index contributed by atoms with van der Waals surface area (Å²) >= 11 is 1.59. The number of carbonyl (C=O) groups is 1. The number of piperazine rings is 1. The molecule has 0 saturated carbocycles. The lowest BCUT2D eigenvalue weighted by molar-refractivity contribution is -0.130. The molecule has 1 N–H and O–H groups in total. The molecule has 1 aromatic rings. The number of aromatic nitrogens is 1. The number of sulfonamides is 1. The maximum Gasteiger partial charge on any atom is 0.229 e. The van der Waals surface area contributed by atoms with Gasteiger partial charge in [-0.25, -0.2) is 13.4 Å². The summed E-state index contributed by atoms with van der Waals surface area (Å²) in [5.41, 5.74) is 2.54. The van der Waals surface area contributed by atoms with Gasteiger partial charge in [0.05, 0.1) is 16.8 Å². The van der Waals surface area contributed by atoms with E-state index in [9.17, 15) is 13.2 Å². The number of nitrogens with zero attached hydrogens (tertiary/aromatic N) is 3. The number of hydrogen-bond donors (Lipinski definition) is 1. The third-order valence-corrected chi connectivity index (χ3v) is 7.04. The Balaban J connectivity index is 0.00000341. The van der Waals surface area contributed by atoms with Crippen LogP contribution in [0.5, 0.6) is 0 Å². The van der Waals surface area contributed by atoms with Gasteiger partial charge in [0.1, 0.15) is 0 Å². The van der Waals surface area contributed by atoms with Gasteiger partial charge in [-0.1, -0.05) is 43.1 Å². The highest BCUT2D eigenvalue weighted by Gasteiger charge is 2.26. The topological polar surface area (TPSA) is 82.6 Å². The minimum absolute atomic E-state index is 0. The van der Waals surface area contributed by atoms with Crippen molar-refractivity contribution in [1.82, 2.24) is 14.6 Å². The molecule has 164 valence electrons. The predicted octanol–water partition coefficient (Wildman–Crippen LogP) is 3.11. The standard InChI is InChI=1S/C21H28N4O3S2.H2/c1-5-18-19(6-2)29-21(22-18)25-11-9-24(10-12-25)20(26)14-16-7-8-17(13-15(16)3)23-30(4,27)28;/h5-8,15,23H,1-2,9-14H2,3-4H3;1H. The van der Waals surface area contributed by atoms with Gasteiger partial charge in [-0.15, -0.1) is 0 Å². The van der Waals surface area contributed by atoms with Crippen LogP contribution in [0.4, 0.5) is 5.13 Å². The Morgan fingerprint density at radius 2 is 2.00 bits per heavy atom. The van der Waals surface area contributed by atoms with Crippen molar-refractivity contribution in [2.75, 3.05) is 37.3 Å². The summed E-state index contributed by atoms with van der Waals surface area (Å²) < 4.78 is 25.3. The molecule has 1 unspecified atom stereocenters. The summed E-state index contributed by atoms with van der Waals surface area (Å²) in [6, 6.07) is 0. The lowest BCUT2D eigenvalue weighted by Gasteiger charge is -2.35. The van der Waals surface area contributed by atoms with Crippen molar-refractivity contribution in [3.8, 4) is 0 Å². The van der Waals surface area contributed by atoms with Crippen LogP contribution >= 0.6 is 11.3 Å². The molecule has 1 saturated heterocycles. The maximum absolute atomic E-state index is 12.8. The first kappa shape index (κ1) is 22.3. The number of hydrogen-bond acceptors (Lipinski definition) is 6. The predicted molar refractivity (Wildman–Crippen MR) is 126 cm³/mol. The van der Waals surface area contributed by atoms with E-state index >= 15 is 0 Å². The van der Waals surface area contributed by atoms with E-state index in [1.54, 1.807) is 29.6 Å². The van der Waals surface area contributed by atoms with Gasteiger partial charge in [0, 0.05) is 39.7 Å². The summed E-state index contributed by atoms with van der Waals surface area (Å²) in [4.78, 5) is 22.5. The van der Waals surface area contributed by atoms with E-state index in [4.69, 9.17) is 0 Å². The Morgan fingerprint density at radius 1 is 1.30 bits per heavy atom. The van der Waals surface area contributed by atoms with E-state index in [1.165, 1.54) is 0 Å². The van der Waals surface area contributed by atoms with Gasteiger partial charge in [-0.3, -0.25) is 9.52 Å². The van der Waals surface area contributed by atoms with E-state index < -0.39 is 10.0 Å². The zero-order valence-electron chi connectivity index (χ0n) is 17.4. The van der Waals surface area contributed by atoms with Crippen LogP contribution in [0, 0.1) is 5.92 Å². The highest BCUT2D eigenvalue weighted by Crippen LogP contribution is 2.30. The number of carbonyl (C=O) groups excluding carboxylic acids is 1. The SMILES string of the molecule is C=Cc1nc(N2CCN(C(=O)CC3=CC=C(NS(C)(=O)=O)CC3C)CC2)sc1C=C.[HH]. The number of anilines is 1. The fraction of sp³-hybridized carbons (Fsp3) is 0.429.